The van der Waals surface area contributed by atoms with Crippen LogP contribution in [0, 0.1) is 0 Å². The monoisotopic (exact) mass is 290 g/mol. The van der Waals surface area contributed by atoms with Crippen molar-refractivity contribution in [1.29, 1.82) is 0 Å². The van der Waals surface area contributed by atoms with Gasteiger partial charge < -0.3 is 19.8 Å². The van der Waals surface area contributed by atoms with Crippen LogP contribution >= 0.6 is 12.2 Å². The number of fused-ring (bicyclic) bond motifs is 3. The second-order valence-corrected chi connectivity index (χ2v) is 4.99. The van der Waals surface area contributed by atoms with Crippen molar-refractivity contribution in [2.45, 2.75) is 19.8 Å². The van der Waals surface area contributed by atoms with Crippen LogP contribution in [0.1, 0.15) is 25.5 Å². The molecule has 1 aromatic heterocycles. The number of hydrogen-bond acceptors (Lipinski definition) is 5. The van der Waals surface area contributed by atoms with E-state index in [1.54, 1.807) is 13.8 Å². The maximum atomic E-state index is 12.2. The van der Waals surface area contributed by atoms with E-state index in [1.165, 1.54) is 0 Å². The van der Waals surface area contributed by atoms with Crippen molar-refractivity contribution < 1.29 is 14.3 Å². The van der Waals surface area contributed by atoms with E-state index in [9.17, 15) is 4.79 Å². The summed E-state index contributed by atoms with van der Waals surface area (Å²) in [4.78, 5) is 12.2. The maximum Gasteiger partial charge on any atom is 0.338 e. The van der Waals surface area contributed by atoms with Crippen LogP contribution < -0.4 is 5.73 Å². The van der Waals surface area contributed by atoms with Gasteiger partial charge in [0.05, 0.1) is 23.7 Å². The molecule has 0 aromatic carbocycles. The third-order valence-electron chi connectivity index (χ3n) is 3.53. The molecule has 1 unspecified atom stereocenters. The van der Waals surface area contributed by atoms with Crippen LogP contribution in [-0.4, -0.2) is 22.2 Å². The first-order valence-corrected chi connectivity index (χ1v) is 6.74. The molecule has 0 saturated heterocycles. The number of nitrogens with zero attached hydrogens (tertiary/aromatic N) is 1. The number of allylic oxidation sites excluding steroid dienone is 1. The van der Waals surface area contributed by atoms with Gasteiger partial charge in [-0.25, -0.2) is 4.79 Å². The van der Waals surface area contributed by atoms with Crippen molar-refractivity contribution in [2.75, 3.05) is 6.61 Å². The number of esters is 1. The third-order valence-corrected chi connectivity index (χ3v) is 3.83. The summed E-state index contributed by atoms with van der Waals surface area (Å²) in [5.41, 5.74) is 8.16. The molecule has 0 bridgehead atoms. The molecule has 3 rings (SSSR count). The van der Waals surface area contributed by atoms with Gasteiger partial charge >= 0.3 is 5.97 Å². The lowest BCUT2D eigenvalue weighted by molar-refractivity contribution is -0.139. The van der Waals surface area contributed by atoms with Crippen LogP contribution in [0.15, 0.2) is 35.2 Å². The Morgan fingerprint density at radius 1 is 1.60 bits per heavy atom. The summed E-state index contributed by atoms with van der Waals surface area (Å²) in [5.74, 6) is 0.293. The van der Waals surface area contributed by atoms with Crippen LogP contribution in [0.2, 0.25) is 0 Å². The Morgan fingerprint density at radius 3 is 3.05 bits per heavy atom. The van der Waals surface area contributed by atoms with E-state index in [4.69, 9.17) is 27.4 Å². The molecular formula is C14H14N2O3S. The minimum atomic E-state index is -0.391. The quantitative estimate of drug-likeness (QED) is 0.665. The van der Waals surface area contributed by atoms with E-state index in [1.807, 2.05) is 22.9 Å². The van der Waals surface area contributed by atoms with Gasteiger partial charge in [0, 0.05) is 11.9 Å². The van der Waals surface area contributed by atoms with Crippen LogP contribution in [-0.2, 0) is 14.3 Å². The molecule has 3 heterocycles. The molecule has 0 saturated carbocycles. The zero-order valence-corrected chi connectivity index (χ0v) is 12.0. The molecule has 2 N–H and O–H groups in total. The summed E-state index contributed by atoms with van der Waals surface area (Å²) in [6, 6.07) is 3.81. The van der Waals surface area contributed by atoms with E-state index in [-0.39, 0.29) is 5.92 Å². The molecule has 0 aliphatic carbocycles. The number of carbonyl (C=O) groups excluding carboxylic acids is 1. The molecule has 0 fully saturated rings. The number of hydrogen-bond donors (Lipinski definition) is 1. The van der Waals surface area contributed by atoms with E-state index in [0.29, 0.717) is 34.4 Å². The summed E-state index contributed by atoms with van der Waals surface area (Å²) in [5, 5.41) is 0.321. The molecule has 1 aromatic rings. The fourth-order valence-electron chi connectivity index (χ4n) is 2.71. The van der Waals surface area contributed by atoms with Crippen LogP contribution in [0.25, 0.3) is 5.82 Å². The molecular weight excluding hydrogens is 276 g/mol. The summed E-state index contributed by atoms with van der Waals surface area (Å²) in [6.45, 7) is 3.80. The lowest BCUT2D eigenvalue weighted by Crippen LogP contribution is -2.26. The number of carbonyl (C=O) groups is 1. The molecule has 2 aliphatic heterocycles. The van der Waals surface area contributed by atoms with E-state index in [0.717, 1.165) is 5.69 Å². The SMILES string of the molecule is CCOC(=O)C1=C(C)OC(=S)C2=C(N)n3cccc3C12. The van der Waals surface area contributed by atoms with Gasteiger partial charge in [0.2, 0.25) is 0 Å². The van der Waals surface area contributed by atoms with Gasteiger partial charge in [-0.15, -0.1) is 0 Å². The second-order valence-electron chi connectivity index (χ2n) is 4.61. The van der Waals surface area contributed by atoms with Gasteiger partial charge in [0.15, 0.2) is 5.05 Å². The van der Waals surface area contributed by atoms with Gasteiger partial charge in [0.1, 0.15) is 11.6 Å². The number of thiocarbonyl (C=S) groups is 1. The Hall–Kier alpha value is -2.08. The molecule has 0 radical (unpaired) electrons. The zero-order valence-electron chi connectivity index (χ0n) is 11.2. The number of rotatable bonds is 2. The van der Waals surface area contributed by atoms with Crippen molar-refractivity contribution in [2.24, 2.45) is 5.73 Å². The number of aromatic nitrogens is 1. The standard InChI is InChI=1S/C14H14N2O3S/c1-3-18-13(17)9-7(2)19-14(20)11-10(9)8-5-4-6-16(8)12(11)15/h4-6,10H,3,15H2,1-2H3. The molecule has 2 aliphatic rings. The highest BCUT2D eigenvalue weighted by atomic mass is 32.1. The highest BCUT2D eigenvalue weighted by Crippen LogP contribution is 2.45. The van der Waals surface area contributed by atoms with Crippen LogP contribution in [0.3, 0.4) is 0 Å². The van der Waals surface area contributed by atoms with E-state index < -0.39 is 5.97 Å². The van der Waals surface area contributed by atoms with E-state index in [2.05, 4.69) is 0 Å². The fourth-order valence-corrected chi connectivity index (χ4v) is 3.06. The molecule has 20 heavy (non-hydrogen) atoms. The van der Waals surface area contributed by atoms with Gasteiger partial charge in [-0.1, -0.05) is 0 Å². The second kappa shape index (κ2) is 4.49. The van der Waals surface area contributed by atoms with Crippen molar-refractivity contribution in [1.82, 2.24) is 4.57 Å². The first-order valence-electron chi connectivity index (χ1n) is 6.33. The molecule has 104 valence electrons. The molecule has 0 spiro atoms. The molecule has 0 amide bonds. The van der Waals surface area contributed by atoms with Gasteiger partial charge in [-0.2, -0.15) is 0 Å². The normalized spacial score (nSPS) is 20.7. The summed E-state index contributed by atoms with van der Waals surface area (Å²) >= 11 is 5.26. The Balaban J connectivity index is 2.19. The smallest absolute Gasteiger partial charge is 0.338 e. The van der Waals surface area contributed by atoms with E-state index >= 15 is 0 Å². The highest BCUT2D eigenvalue weighted by molar-refractivity contribution is 7.80. The van der Waals surface area contributed by atoms with Gasteiger partial charge in [0.25, 0.3) is 0 Å². The Morgan fingerprint density at radius 2 is 2.35 bits per heavy atom. The van der Waals surface area contributed by atoms with Crippen LogP contribution in [0.5, 0.6) is 0 Å². The highest BCUT2D eigenvalue weighted by Gasteiger charge is 2.43. The minimum absolute atomic E-state index is 0.301. The molecule has 6 heteroatoms. The first-order chi connectivity index (χ1) is 9.56. The average molecular weight is 290 g/mol. The van der Waals surface area contributed by atoms with Crippen molar-refractivity contribution in [3.8, 4) is 0 Å². The third kappa shape index (κ3) is 1.61. The van der Waals surface area contributed by atoms with Crippen molar-refractivity contribution in [3.05, 3.63) is 40.9 Å². The Bertz CT molecular complexity index is 684. The predicted molar refractivity (Wildman–Crippen MR) is 77.6 cm³/mol. The maximum absolute atomic E-state index is 12.2. The lowest BCUT2D eigenvalue weighted by Gasteiger charge is -2.25. The number of nitrogens with two attached hydrogens (primary N) is 1. The number of ether oxygens (including phenoxy) is 2. The first kappa shape index (κ1) is 12.9. The lowest BCUT2D eigenvalue weighted by atomic mass is 9.87. The fraction of sp³-hybridized carbons (Fsp3) is 0.286. The zero-order chi connectivity index (χ0) is 14.4. The average Bonchev–Trinajstić information content (AvgIpc) is 2.94. The molecule has 5 nitrogen and oxygen atoms in total. The summed E-state index contributed by atoms with van der Waals surface area (Å²) in [6.07, 6.45) is 1.84. The summed E-state index contributed by atoms with van der Waals surface area (Å²) < 4.78 is 12.5. The molecule has 1 atom stereocenters. The van der Waals surface area contributed by atoms with Crippen LogP contribution in [0.4, 0.5) is 0 Å². The predicted octanol–water partition coefficient (Wildman–Crippen LogP) is 1.91. The van der Waals surface area contributed by atoms with Gasteiger partial charge in [-0.3, -0.25) is 0 Å². The Labute approximate surface area is 121 Å². The van der Waals surface area contributed by atoms with Gasteiger partial charge in [-0.05, 0) is 38.2 Å². The topological polar surface area (TPSA) is 66.5 Å². The minimum Gasteiger partial charge on any atom is -0.463 e. The Kier molecular flexibility index (Phi) is 2.90. The summed E-state index contributed by atoms with van der Waals surface area (Å²) in [7, 11) is 0. The van der Waals surface area contributed by atoms with Crippen molar-refractivity contribution in [3.63, 3.8) is 0 Å². The largest absolute Gasteiger partial charge is 0.463 e. The van der Waals surface area contributed by atoms with Crippen molar-refractivity contribution >= 4 is 29.1 Å².